The van der Waals surface area contributed by atoms with Crippen molar-refractivity contribution in [3.63, 3.8) is 0 Å². The highest BCUT2D eigenvalue weighted by atomic mass is 16.5. The summed E-state index contributed by atoms with van der Waals surface area (Å²) >= 11 is 0. The topological polar surface area (TPSA) is 86.1 Å². The number of ether oxygens (including phenoxy) is 3. The maximum atomic E-state index is 14.1. The van der Waals surface area contributed by atoms with E-state index >= 15 is 0 Å². The molecule has 0 bridgehead atoms. The van der Waals surface area contributed by atoms with E-state index in [1.807, 2.05) is 60.7 Å². The molecule has 1 aromatic heterocycles. The lowest BCUT2D eigenvalue weighted by Crippen LogP contribution is -2.35. The number of hydrogen-bond donors (Lipinski definition) is 1. The summed E-state index contributed by atoms with van der Waals surface area (Å²) in [5.74, 6) is 2.05. The van der Waals surface area contributed by atoms with Gasteiger partial charge in [-0.3, -0.25) is 4.79 Å². The molecule has 6 rings (SSSR count). The Balaban J connectivity index is 1.32. The number of piperidine rings is 1. The van der Waals surface area contributed by atoms with Crippen LogP contribution in [0, 0.1) is 0 Å². The normalized spacial score (nSPS) is 16.1. The standard InChI is InChI=1S/C32H33N3O5/c1-37-25-9-6-21(7-10-25)28-17-22(8-13-30(28)39-16-14-24-5-3-4-15-33-24)32(36)35-19-23-20-40-34-31(23)27-12-11-26(38-2)18-29(27)35/h6-13,17-18,20,24,33H,3-5,14-16,19H2,1-2H3. The van der Waals surface area contributed by atoms with Crippen molar-refractivity contribution in [3.8, 4) is 39.6 Å². The maximum absolute atomic E-state index is 14.1. The minimum absolute atomic E-state index is 0.130. The van der Waals surface area contributed by atoms with Gasteiger partial charge in [-0.2, -0.15) is 0 Å². The smallest absolute Gasteiger partial charge is 0.258 e. The van der Waals surface area contributed by atoms with Gasteiger partial charge in [0.05, 0.1) is 33.1 Å². The van der Waals surface area contributed by atoms with E-state index < -0.39 is 0 Å². The molecule has 1 unspecified atom stereocenters. The number of carbonyl (C=O) groups excluding carboxylic acids is 1. The van der Waals surface area contributed by atoms with Gasteiger partial charge in [-0.15, -0.1) is 0 Å². The number of nitrogens with one attached hydrogen (secondary N) is 1. The number of nitrogens with zero attached hydrogens (tertiary/aromatic N) is 2. The first-order valence-electron chi connectivity index (χ1n) is 13.7. The summed E-state index contributed by atoms with van der Waals surface area (Å²) in [7, 11) is 3.26. The fourth-order valence-corrected chi connectivity index (χ4v) is 5.51. The predicted molar refractivity (Wildman–Crippen MR) is 153 cm³/mol. The van der Waals surface area contributed by atoms with Crippen LogP contribution >= 0.6 is 0 Å². The van der Waals surface area contributed by atoms with Crippen molar-refractivity contribution in [2.75, 3.05) is 32.3 Å². The van der Waals surface area contributed by atoms with E-state index in [2.05, 4.69) is 10.5 Å². The fraction of sp³-hybridized carbons (Fsp3) is 0.312. The Kier molecular flexibility index (Phi) is 7.42. The van der Waals surface area contributed by atoms with Crippen molar-refractivity contribution in [3.05, 3.63) is 78.1 Å². The van der Waals surface area contributed by atoms with Gasteiger partial charge < -0.3 is 29.0 Å². The Morgan fingerprint density at radius 2 is 1.82 bits per heavy atom. The molecule has 0 saturated carbocycles. The summed E-state index contributed by atoms with van der Waals surface area (Å²) in [5.41, 5.74) is 5.53. The molecule has 3 heterocycles. The first-order chi connectivity index (χ1) is 19.6. The van der Waals surface area contributed by atoms with Gasteiger partial charge in [0.1, 0.15) is 29.2 Å². The summed E-state index contributed by atoms with van der Waals surface area (Å²) in [6.07, 6.45) is 6.21. The number of carbonyl (C=O) groups is 1. The lowest BCUT2D eigenvalue weighted by Gasteiger charge is -2.29. The molecule has 2 aliphatic heterocycles. The van der Waals surface area contributed by atoms with Crippen molar-refractivity contribution in [2.24, 2.45) is 0 Å². The molecule has 1 amide bonds. The first-order valence-corrected chi connectivity index (χ1v) is 13.7. The van der Waals surface area contributed by atoms with Crippen molar-refractivity contribution < 1.29 is 23.5 Å². The zero-order valence-electron chi connectivity index (χ0n) is 22.8. The maximum Gasteiger partial charge on any atom is 0.258 e. The second-order valence-electron chi connectivity index (χ2n) is 10.2. The van der Waals surface area contributed by atoms with Crippen molar-refractivity contribution in [2.45, 2.75) is 38.3 Å². The van der Waals surface area contributed by atoms with Crippen LogP contribution in [0.15, 0.2) is 71.4 Å². The summed E-state index contributed by atoms with van der Waals surface area (Å²) in [5, 5.41) is 7.76. The van der Waals surface area contributed by atoms with E-state index in [9.17, 15) is 4.79 Å². The van der Waals surface area contributed by atoms with Crippen LogP contribution in [-0.2, 0) is 6.54 Å². The van der Waals surface area contributed by atoms with Crippen LogP contribution in [0.4, 0.5) is 5.69 Å². The molecule has 0 spiro atoms. The average molecular weight is 540 g/mol. The molecule has 40 heavy (non-hydrogen) atoms. The Morgan fingerprint density at radius 1 is 1.00 bits per heavy atom. The van der Waals surface area contributed by atoms with Crippen LogP contribution < -0.4 is 24.4 Å². The highest BCUT2D eigenvalue weighted by molar-refractivity contribution is 6.10. The lowest BCUT2D eigenvalue weighted by molar-refractivity contribution is 0.0985. The van der Waals surface area contributed by atoms with Crippen LogP contribution in [0.2, 0.25) is 0 Å². The molecule has 1 saturated heterocycles. The van der Waals surface area contributed by atoms with E-state index in [4.69, 9.17) is 18.7 Å². The van der Waals surface area contributed by atoms with Gasteiger partial charge in [-0.1, -0.05) is 23.7 Å². The number of fused-ring (bicyclic) bond motifs is 3. The van der Waals surface area contributed by atoms with Crippen LogP contribution in [0.25, 0.3) is 22.4 Å². The molecule has 0 aliphatic carbocycles. The zero-order chi connectivity index (χ0) is 27.5. The summed E-state index contributed by atoms with van der Waals surface area (Å²) in [6.45, 7) is 2.02. The van der Waals surface area contributed by atoms with Crippen molar-refractivity contribution in [1.82, 2.24) is 10.5 Å². The minimum atomic E-state index is -0.130. The molecule has 8 nitrogen and oxygen atoms in total. The predicted octanol–water partition coefficient (Wildman–Crippen LogP) is 6.10. The van der Waals surface area contributed by atoms with Gasteiger partial charge in [0.2, 0.25) is 0 Å². The third-order valence-corrected chi connectivity index (χ3v) is 7.73. The van der Waals surface area contributed by atoms with Gasteiger partial charge in [-0.05, 0) is 73.8 Å². The molecule has 0 radical (unpaired) electrons. The van der Waals surface area contributed by atoms with E-state index in [0.29, 0.717) is 30.5 Å². The fourth-order valence-electron chi connectivity index (χ4n) is 5.51. The van der Waals surface area contributed by atoms with Crippen LogP contribution in [0.5, 0.6) is 17.2 Å². The third-order valence-electron chi connectivity index (χ3n) is 7.73. The molecule has 1 N–H and O–H groups in total. The van der Waals surface area contributed by atoms with Gasteiger partial charge in [0, 0.05) is 34.4 Å². The Bertz CT molecular complexity index is 1490. The highest BCUT2D eigenvalue weighted by Crippen LogP contribution is 2.41. The van der Waals surface area contributed by atoms with Crippen LogP contribution in [0.3, 0.4) is 0 Å². The Labute approximate surface area is 233 Å². The summed E-state index contributed by atoms with van der Waals surface area (Å²) in [4.78, 5) is 15.8. The van der Waals surface area contributed by atoms with Crippen molar-refractivity contribution in [1.29, 1.82) is 0 Å². The second kappa shape index (κ2) is 11.4. The zero-order valence-corrected chi connectivity index (χ0v) is 22.8. The largest absolute Gasteiger partial charge is 0.497 e. The summed E-state index contributed by atoms with van der Waals surface area (Å²) in [6, 6.07) is 19.6. The second-order valence-corrected chi connectivity index (χ2v) is 10.2. The molecule has 8 heteroatoms. The number of anilines is 1. The third kappa shape index (κ3) is 5.14. The lowest BCUT2D eigenvalue weighted by atomic mass is 9.97. The van der Waals surface area contributed by atoms with Crippen molar-refractivity contribution >= 4 is 11.6 Å². The van der Waals surface area contributed by atoms with E-state index in [1.54, 1.807) is 25.4 Å². The van der Waals surface area contributed by atoms with Crippen LogP contribution in [-0.4, -0.2) is 44.5 Å². The van der Waals surface area contributed by atoms with Gasteiger partial charge in [0.25, 0.3) is 5.91 Å². The van der Waals surface area contributed by atoms with Gasteiger partial charge in [-0.25, -0.2) is 0 Å². The molecule has 1 atom stereocenters. The molecule has 4 aromatic rings. The molecule has 3 aromatic carbocycles. The van der Waals surface area contributed by atoms with E-state index in [-0.39, 0.29) is 5.91 Å². The quantitative estimate of drug-likeness (QED) is 0.290. The number of amides is 1. The summed E-state index contributed by atoms with van der Waals surface area (Å²) < 4.78 is 22.4. The number of hydrogen-bond acceptors (Lipinski definition) is 7. The average Bonchev–Trinajstić information content (AvgIpc) is 3.50. The first kappa shape index (κ1) is 26.0. The van der Waals surface area contributed by atoms with Gasteiger partial charge >= 0.3 is 0 Å². The number of rotatable bonds is 8. The molecule has 1 fully saturated rings. The highest BCUT2D eigenvalue weighted by Gasteiger charge is 2.30. The molecule has 206 valence electrons. The van der Waals surface area contributed by atoms with Crippen LogP contribution in [0.1, 0.15) is 41.6 Å². The van der Waals surface area contributed by atoms with E-state index in [0.717, 1.165) is 58.1 Å². The number of aromatic nitrogens is 1. The molecular formula is C32H33N3O5. The Hall–Kier alpha value is -4.30. The number of methoxy groups -OCH3 is 2. The Morgan fingerprint density at radius 3 is 2.60 bits per heavy atom. The monoisotopic (exact) mass is 539 g/mol. The number of benzene rings is 3. The SMILES string of the molecule is COc1ccc(-c2cc(C(=O)N3Cc4conc4-c4ccc(OC)cc43)ccc2OCCC2CCCCN2)cc1. The molecule has 2 aliphatic rings. The van der Waals surface area contributed by atoms with E-state index in [1.165, 1.54) is 19.3 Å². The molecular weight excluding hydrogens is 506 g/mol. The minimum Gasteiger partial charge on any atom is -0.497 e. The van der Waals surface area contributed by atoms with Gasteiger partial charge in [0.15, 0.2) is 0 Å².